The number of thiazole rings is 1. The number of aliphatic imine (C=N–C) groups is 1. The molecule has 0 unspecified atom stereocenters. The third-order valence-electron chi connectivity index (χ3n) is 2.72. The van der Waals surface area contributed by atoms with E-state index in [1.807, 2.05) is 0 Å². The Balaban J connectivity index is 0.00000361. The van der Waals surface area contributed by atoms with E-state index < -0.39 is 0 Å². The molecule has 0 spiro atoms. The number of aromatic nitrogens is 1. The maximum absolute atomic E-state index is 4.57. The number of aryl methyl sites for hydroxylation is 1. The van der Waals surface area contributed by atoms with Crippen molar-refractivity contribution in [2.45, 2.75) is 53.0 Å². The molecule has 4 nitrogen and oxygen atoms in total. The second-order valence-electron chi connectivity index (χ2n) is 4.42. The Hall–Kier alpha value is -0.370. The highest BCUT2D eigenvalue weighted by atomic mass is 127. The molecule has 0 fully saturated rings. The lowest BCUT2D eigenvalue weighted by Gasteiger charge is -2.10. The van der Waals surface area contributed by atoms with Crippen LogP contribution in [0, 0.1) is 0 Å². The molecule has 0 saturated heterocycles. The first-order valence-corrected chi connectivity index (χ1v) is 8.13. The maximum atomic E-state index is 4.57. The molecule has 1 heterocycles. The minimum absolute atomic E-state index is 0. The Bertz CT molecular complexity index is 379. The summed E-state index contributed by atoms with van der Waals surface area (Å²) in [4.78, 5) is 9.09. The lowest BCUT2D eigenvalue weighted by molar-refractivity contribution is 0.683. The number of halogens is 1. The lowest BCUT2D eigenvalue weighted by Crippen LogP contribution is -2.37. The van der Waals surface area contributed by atoms with Crippen LogP contribution in [-0.2, 0) is 13.0 Å². The van der Waals surface area contributed by atoms with E-state index in [4.69, 9.17) is 0 Å². The fourth-order valence-corrected chi connectivity index (χ4v) is 2.40. The summed E-state index contributed by atoms with van der Waals surface area (Å²) in [5.41, 5.74) is 1.06. The van der Waals surface area contributed by atoms with E-state index in [9.17, 15) is 0 Å². The molecule has 6 heteroatoms. The molecule has 116 valence electrons. The largest absolute Gasteiger partial charge is 0.357 e. The summed E-state index contributed by atoms with van der Waals surface area (Å²) in [6.07, 6.45) is 4.70. The van der Waals surface area contributed by atoms with Gasteiger partial charge in [-0.1, -0.05) is 26.7 Å². The molecule has 0 atom stereocenters. The van der Waals surface area contributed by atoms with Gasteiger partial charge in [0.25, 0.3) is 0 Å². The van der Waals surface area contributed by atoms with Gasteiger partial charge in [-0.3, -0.25) is 0 Å². The van der Waals surface area contributed by atoms with E-state index in [0.717, 1.165) is 31.2 Å². The number of nitrogens with one attached hydrogen (secondary N) is 2. The Labute approximate surface area is 143 Å². The maximum Gasteiger partial charge on any atom is 0.191 e. The Morgan fingerprint density at radius 3 is 2.65 bits per heavy atom. The van der Waals surface area contributed by atoms with Crippen molar-refractivity contribution in [3.8, 4) is 0 Å². The van der Waals surface area contributed by atoms with Crippen molar-refractivity contribution >= 4 is 41.3 Å². The van der Waals surface area contributed by atoms with Crippen LogP contribution in [0.1, 0.15) is 50.7 Å². The normalized spacial score (nSPS) is 11.1. The van der Waals surface area contributed by atoms with E-state index in [2.05, 4.69) is 46.8 Å². The number of nitrogens with zero attached hydrogens (tertiary/aromatic N) is 2. The zero-order valence-electron chi connectivity index (χ0n) is 12.7. The topological polar surface area (TPSA) is 49.3 Å². The van der Waals surface area contributed by atoms with Gasteiger partial charge in [-0.2, -0.15) is 0 Å². The molecule has 0 aliphatic carbocycles. The first kappa shape index (κ1) is 19.6. The van der Waals surface area contributed by atoms with Crippen molar-refractivity contribution in [2.75, 3.05) is 13.1 Å². The van der Waals surface area contributed by atoms with Gasteiger partial charge in [0.05, 0.1) is 17.2 Å². The smallest absolute Gasteiger partial charge is 0.191 e. The van der Waals surface area contributed by atoms with Gasteiger partial charge in [0.15, 0.2) is 5.96 Å². The molecule has 1 aromatic heterocycles. The molecule has 0 radical (unpaired) electrons. The van der Waals surface area contributed by atoms with Crippen molar-refractivity contribution in [2.24, 2.45) is 4.99 Å². The van der Waals surface area contributed by atoms with Gasteiger partial charge >= 0.3 is 0 Å². The van der Waals surface area contributed by atoms with Gasteiger partial charge in [0.2, 0.25) is 0 Å². The highest BCUT2D eigenvalue weighted by Crippen LogP contribution is 2.10. The molecular formula is C14H27IN4S. The number of rotatable bonds is 8. The first-order valence-electron chi connectivity index (χ1n) is 7.25. The molecule has 0 aromatic carbocycles. The zero-order chi connectivity index (χ0) is 13.9. The van der Waals surface area contributed by atoms with Gasteiger partial charge in [-0.25, -0.2) is 9.98 Å². The van der Waals surface area contributed by atoms with Gasteiger partial charge < -0.3 is 10.6 Å². The van der Waals surface area contributed by atoms with Crippen LogP contribution in [0.2, 0.25) is 0 Å². The molecule has 0 saturated carbocycles. The molecule has 0 aliphatic heterocycles. The molecular weight excluding hydrogens is 383 g/mol. The lowest BCUT2D eigenvalue weighted by atomic mass is 10.2. The highest BCUT2D eigenvalue weighted by molar-refractivity contribution is 14.0. The molecule has 20 heavy (non-hydrogen) atoms. The summed E-state index contributed by atoms with van der Waals surface area (Å²) in [5, 5.41) is 9.91. The molecule has 1 aromatic rings. The SMILES string of the molecule is CCCCCNC(=NCc1csc(CC)n1)NCC.I. The third-order valence-corrected chi connectivity index (χ3v) is 3.76. The van der Waals surface area contributed by atoms with Crippen LogP contribution >= 0.6 is 35.3 Å². The molecule has 2 N–H and O–H groups in total. The Kier molecular flexibility index (Phi) is 12.1. The monoisotopic (exact) mass is 410 g/mol. The molecule has 0 amide bonds. The fraction of sp³-hybridized carbons (Fsp3) is 0.714. The number of guanidine groups is 1. The number of unbranched alkanes of at least 4 members (excludes halogenated alkanes) is 2. The zero-order valence-corrected chi connectivity index (χ0v) is 15.9. The van der Waals surface area contributed by atoms with Crippen LogP contribution in [-0.4, -0.2) is 24.0 Å². The predicted octanol–water partition coefficient (Wildman–Crippen LogP) is 3.57. The van der Waals surface area contributed by atoms with Gasteiger partial charge in [0.1, 0.15) is 0 Å². The van der Waals surface area contributed by atoms with Crippen molar-refractivity contribution in [3.63, 3.8) is 0 Å². The summed E-state index contributed by atoms with van der Waals surface area (Å²) in [6, 6.07) is 0. The number of hydrogen-bond acceptors (Lipinski definition) is 3. The van der Waals surface area contributed by atoms with Crippen LogP contribution in [0.15, 0.2) is 10.4 Å². The fourth-order valence-electron chi connectivity index (χ4n) is 1.67. The van der Waals surface area contributed by atoms with E-state index >= 15 is 0 Å². The Morgan fingerprint density at radius 1 is 1.25 bits per heavy atom. The van der Waals surface area contributed by atoms with Crippen molar-refractivity contribution in [1.82, 2.24) is 15.6 Å². The minimum atomic E-state index is 0. The van der Waals surface area contributed by atoms with Gasteiger partial charge in [-0.05, 0) is 19.8 Å². The predicted molar refractivity (Wildman–Crippen MR) is 99.3 cm³/mol. The summed E-state index contributed by atoms with van der Waals surface area (Å²) < 4.78 is 0. The standard InChI is InChI=1S/C14H26N4S.HI/c1-4-7-8-9-16-14(15-6-3)17-10-12-11-19-13(5-2)18-12;/h11H,4-10H2,1-3H3,(H2,15,16,17);1H. The second kappa shape index (κ2) is 12.4. The summed E-state index contributed by atoms with van der Waals surface area (Å²) in [6.45, 7) is 8.95. The van der Waals surface area contributed by atoms with E-state index in [-0.39, 0.29) is 24.0 Å². The average Bonchev–Trinajstić information content (AvgIpc) is 2.88. The highest BCUT2D eigenvalue weighted by Gasteiger charge is 2.01. The quantitative estimate of drug-likeness (QED) is 0.298. The summed E-state index contributed by atoms with van der Waals surface area (Å²) in [7, 11) is 0. The van der Waals surface area contributed by atoms with Crippen LogP contribution in [0.5, 0.6) is 0 Å². The average molecular weight is 410 g/mol. The van der Waals surface area contributed by atoms with E-state index in [1.165, 1.54) is 24.3 Å². The number of hydrogen-bond donors (Lipinski definition) is 2. The van der Waals surface area contributed by atoms with Crippen molar-refractivity contribution in [3.05, 3.63) is 16.1 Å². The van der Waals surface area contributed by atoms with Crippen LogP contribution in [0.4, 0.5) is 0 Å². The molecule has 0 bridgehead atoms. The van der Waals surface area contributed by atoms with Crippen LogP contribution in [0.25, 0.3) is 0 Å². The van der Waals surface area contributed by atoms with Gasteiger partial charge in [-0.15, -0.1) is 35.3 Å². The minimum Gasteiger partial charge on any atom is -0.357 e. The molecule has 1 rings (SSSR count). The van der Waals surface area contributed by atoms with Crippen LogP contribution in [0.3, 0.4) is 0 Å². The van der Waals surface area contributed by atoms with E-state index in [0.29, 0.717) is 6.54 Å². The summed E-state index contributed by atoms with van der Waals surface area (Å²) >= 11 is 1.72. The van der Waals surface area contributed by atoms with Crippen molar-refractivity contribution < 1.29 is 0 Å². The second-order valence-corrected chi connectivity index (χ2v) is 5.36. The molecule has 0 aliphatic rings. The Morgan fingerprint density at radius 2 is 2.05 bits per heavy atom. The summed E-state index contributed by atoms with van der Waals surface area (Å²) in [5.74, 6) is 0.893. The third kappa shape index (κ3) is 8.04. The van der Waals surface area contributed by atoms with Crippen molar-refractivity contribution in [1.29, 1.82) is 0 Å². The van der Waals surface area contributed by atoms with Crippen LogP contribution < -0.4 is 10.6 Å². The van der Waals surface area contributed by atoms with E-state index in [1.54, 1.807) is 11.3 Å². The first-order chi connectivity index (χ1) is 9.30. The van der Waals surface area contributed by atoms with Gasteiger partial charge in [0, 0.05) is 18.5 Å².